The summed E-state index contributed by atoms with van der Waals surface area (Å²) in [6, 6.07) is 6.53. The van der Waals surface area contributed by atoms with Gasteiger partial charge < -0.3 is 10.6 Å². The summed E-state index contributed by atoms with van der Waals surface area (Å²) >= 11 is 1.66. The molecule has 23 heavy (non-hydrogen) atoms. The number of aryl methyl sites for hydroxylation is 2. The van der Waals surface area contributed by atoms with Gasteiger partial charge in [-0.25, -0.2) is 4.98 Å². The van der Waals surface area contributed by atoms with Crippen LogP contribution in [0.1, 0.15) is 21.1 Å². The van der Waals surface area contributed by atoms with Gasteiger partial charge >= 0.3 is 0 Å². The maximum Gasteiger partial charge on any atom is 0.269 e. The number of benzene rings is 1. The number of aromatic nitrogens is 1. The first-order valence-corrected chi connectivity index (χ1v) is 7.92. The zero-order chi connectivity index (χ0) is 16.8. The van der Waals surface area contributed by atoms with Gasteiger partial charge in [0.15, 0.2) is 5.96 Å². The zero-order valence-corrected chi connectivity index (χ0v) is 14.1. The van der Waals surface area contributed by atoms with Crippen molar-refractivity contribution in [1.29, 1.82) is 0 Å². The van der Waals surface area contributed by atoms with Crippen molar-refractivity contribution in [2.24, 2.45) is 4.99 Å². The molecule has 1 heterocycles. The molecule has 7 nitrogen and oxygen atoms in total. The Morgan fingerprint density at radius 1 is 1.35 bits per heavy atom. The van der Waals surface area contributed by atoms with Crippen LogP contribution < -0.4 is 10.6 Å². The highest BCUT2D eigenvalue weighted by molar-refractivity contribution is 7.11. The predicted octanol–water partition coefficient (Wildman–Crippen LogP) is 2.53. The van der Waals surface area contributed by atoms with Gasteiger partial charge in [0.2, 0.25) is 0 Å². The number of hydrogen-bond donors (Lipinski definition) is 2. The van der Waals surface area contributed by atoms with Gasteiger partial charge in [0.25, 0.3) is 5.69 Å². The van der Waals surface area contributed by atoms with E-state index in [2.05, 4.69) is 20.6 Å². The Hall–Kier alpha value is -2.48. The summed E-state index contributed by atoms with van der Waals surface area (Å²) in [6.45, 7) is 5.09. The summed E-state index contributed by atoms with van der Waals surface area (Å²) in [5, 5.41) is 18.1. The molecule has 122 valence electrons. The van der Waals surface area contributed by atoms with Crippen LogP contribution in [0, 0.1) is 24.0 Å². The number of thiazole rings is 1. The normalized spacial score (nSPS) is 11.3. The predicted molar refractivity (Wildman–Crippen MR) is 91.7 cm³/mol. The Balaban J connectivity index is 1.90. The molecule has 0 aliphatic rings. The molecule has 8 heteroatoms. The van der Waals surface area contributed by atoms with E-state index in [1.54, 1.807) is 30.5 Å². The Bertz CT molecular complexity index is 707. The van der Waals surface area contributed by atoms with E-state index in [-0.39, 0.29) is 5.69 Å². The third-order valence-corrected chi connectivity index (χ3v) is 4.36. The highest BCUT2D eigenvalue weighted by atomic mass is 32.1. The van der Waals surface area contributed by atoms with Gasteiger partial charge in [-0.2, -0.15) is 0 Å². The Kier molecular flexibility index (Phi) is 5.64. The van der Waals surface area contributed by atoms with Crippen LogP contribution in [-0.4, -0.2) is 22.9 Å². The molecule has 0 atom stereocenters. The van der Waals surface area contributed by atoms with E-state index >= 15 is 0 Å². The first kappa shape index (κ1) is 16.9. The van der Waals surface area contributed by atoms with Crippen LogP contribution in [0.4, 0.5) is 5.69 Å². The maximum absolute atomic E-state index is 10.8. The summed E-state index contributed by atoms with van der Waals surface area (Å²) in [5.74, 6) is 0.627. The van der Waals surface area contributed by atoms with Crippen molar-refractivity contribution < 1.29 is 4.92 Å². The van der Waals surface area contributed by atoms with E-state index in [1.165, 1.54) is 10.9 Å². The van der Waals surface area contributed by atoms with Crippen LogP contribution in [0.25, 0.3) is 0 Å². The van der Waals surface area contributed by atoms with Crippen LogP contribution in [-0.2, 0) is 13.1 Å². The summed E-state index contributed by atoms with van der Waals surface area (Å²) in [7, 11) is 1.68. The van der Waals surface area contributed by atoms with Crippen molar-refractivity contribution >= 4 is 23.0 Å². The van der Waals surface area contributed by atoms with Crippen molar-refractivity contribution in [3.8, 4) is 0 Å². The number of non-ortho nitro benzene ring substituents is 1. The number of hydrogen-bond acceptors (Lipinski definition) is 5. The van der Waals surface area contributed by atoms with E-state index in [4.69, 9.17) is 0 Å². The molecule has 0 unspecified atom stereocenters. The fourth-order valence-electron chi connectivity index (χ4n) is 1.96. The second-order valence-electron chi connectivity index (χ2n) is 4.96. The van der Waals surface area contributed by atoms with E-state index in [1.807, 2.05) is 19.9 Å². The zero-order valence-electron chi connectivity index (χ0n) is 13.3. The average molecular weight is 333 g/mol. The molecule has 2 rings (SSSR count). The van der Waals surface area contributed by atoms with Crippen molar-refractivity contribution in [2.75, 3.05) is 7.05 Å². The molecule has 0 bridgehead atoms. The van der Waals surface area contributed by atoms with Crippen LogP contribution in [0.5, 0.6) is 0 Å². The molecule has 0 saturated carbocycles. The lowest BCUT2D eigenvalue weighted by atomic mass is 10.2. The molecule has 0 spiro atoms. The lowest BCUT2D eigenvalue weighted by Crippen LogP contribution is -2.36. The standard InChI is InChI=1S/C15H19N5O2S/c1-10-11(2)23-14(19-10)9-18-15(16-3)17-8-12-5-4-6-13(7-12)20(21)22/h4-7H,8-9H2,1-3H3,(H2,16,17,18). The van der Waals surface area contributed by atoms with E-state index in [0.717, 1.165) is 16.3 Å². The minimum atomic E-state index is -0.399. The smallest absolute Gasteiger partial charge is 0.269 e. The van der Waals surface area contributed by atoms with Crippen molar-refractivity contribution in [3.63, 3.8) is 0 Å². The fourth-order valence-corrected chi connectivity index (χ4v) is 2.83. The third kappa shape index (κ3) is 4.75. The van der Waals surface area contributed by atoms with Gasteiger partial charge in [0.1, 0.15) is 5.01 Å². The lowest BCUT2D eigenvalue weighted by Gasteiger charge is -2.10. The Morgan fingerprint density at radius 3 is 2.70 bits per heavy atom. The molecular weight excluding hydrogens is 314 g/mol. The lowest BCUT2D eigenvalue weighted by molar-refractivity contribution is -0.384. The molecule has 1 aromatic carbocycles. The van der Waals surface area contributed by atoms with Gasteiger partial charge in [-0.3, -0.25) is 15.1 Å². The molecule has 1 aromatic heterocycles. The van der Waals surface area contributed by atoms with Crippen LogP contribution >= 0.6 is 11.3 Å². The average Bonchev–Trinajstić information content (AvgIpc) is 2.86. The largest absolute Gasteiger partial charge is 0.352 e. The minimum absolute atomic E-state index is 0.0842. The van der Waals surface area contributed by atoms with Gasteiger partial charge in [0.05, 0.1) is 17.2 Å². The molecular formula is C15H19N5O2S. The van der Waals surface area contributed by atoms with Crippen LogP contribution in [0.3, 0.4) is 0 Å². The molecule has 0 saturated heterocycles. The SMILES string of the molecule is CN=C(NCc1cccc([N+](=O)[O-])c1)NCc1nc(C)c(C)s1. The fraction of sp³-hybridized carbons (Fsp3) is 0.333. The Labute approximate surface area is 138 Å². The number of nitro benzene ring substituents is 1. The topological polar surface area (TPSA) is 92.5 Å². The number of aliphatic imine (C=N–C) groups is 1. The van der Waals surface area contributed by atoms with Gasteiger partial charge in [0, 0.05) is 30.6 Å². The second kappa shape index (κ2) is 7.68. The minimum Gasteiger partial charge on any atom is -0.352 e. The molecule has 0 aliphatic heterocycles. The molecule has 2 aromatic rings. The molecule has 0 fully saturated rings. The number of nitrogens with one attached hydrogen (secondary N) is 2. The van der Waals surface area contributed by atoms with Crippen molar-refractivity contribution in [3.05, 3.63) is 55.5 Å². The first-order chi connectivity index (χ1) is 11.0. The third-order valence-electron chi connectivity index (χ3n) is 3.28. The van der Waals surface area contributed by atoms with E-state index in [9.17, 15) is 10.1 Å². The summed E-state index contributed by atoms with van der Waals surface area (Å²) in [4.78, 5) is 20.2. The highest BCUT2D eigenvalue weighted by Gasteiger charge is 2.07. The van der Waals surface area contributed by atoms with Crippen molar-refractivity contribution in [2.45, 2.75) is 26.9 Å². The molecule has 0 aliphatic carbocycles. The Morgan fingerprint density at radius 2 is 2.09 bits per heavy atom. The first-order valence-electron chi connectivity index (χ1n) is 7.10. The molecule has 0 amide bonds. The summed E-state index contributed by atoms with van der Waals surface area (Å²) < 4.78 is 0. The van der Waals surface area contributed by atoms with Gasteiger partial charge in [-0.05, 0) is 19.4 Å². The summed E-state index contributed by atoms with van der Waals surface area (Å²) in [6.07, 6.45) is 0. The van der Waals surface area contributed by atoms with Gasteiger partial charge in [-0.15, -0.1) is 11.3 Å². The number of nitrogens with zero attached hydrogens (tertiary/aromatic N) is 3. The monoisotopic (exact) mass is 333 g/mol. The van der Waals surface area contributed by atoms with Crippen LogP contribution in [0.15, 0.2) is 29.3 Å². The number of guanidine groups is 1. The van der Waals surface area contributed by atoms with Crippen molar-refractivity contribution in [1.82, 2.24) is 15.6 Å². The van der Waals surface area contributed by atoms with E-state index < -0.39 is 4.92 Å². The highest BCUT2D eigenvalue weighted by Crippen LogP contribution is 2.16. The van der Waals surface area contributed by atoms with Gasteiger partial charge in [-0.1, -0.05) is 12.1 Å². The number of nitro groups is 1. The summed E-state index contributed by atoms with van der Waals surface area (Å²) in [5.41, 5.74) is 1.95. The molecule has 2 N–H and O–H groups in total. The second-order valence-corrected chi connectivity index (χ2v) is 6.24. The maximum atomic E-state index is 10.8. The molecule has 0 radical (unpaired) electrons. The van der Waals surface area contributed by atoms with Crippen LogP contribution in [0.2, 0.25) is 0 Å². The number of rotatable bonds is 5. The quantitative estimate of drug-likeness (QED) is 0.380. The van der Waals surface area contributed by atoms with E-state index in [0.29, 0.717) is 19.0 Å².